The van der Waals surface area contributed by atoms with Crippen LogP contribution in [-0.2, 0) is 20.1 Å². The van der Waals surface area contributed by atoms with Crippen molar-refractivity contribution in [3.63, 3.8) is 0 Å². The average Bonchev–Trinajstić information content (AvgIpc) is 3.40. The molecular weight excluding hydrogens is 665 g/mol. The van der Waals surface area contributed by atoms with Crippen molar-refractivity contribution in [2.45, 2.75) is 46.3 Å². The molecule has 1 radical (unpaired) electrons. The van der Waals surface area contributed by atoms with Crippen molar-refractivity contribution in [1.29, 1.82) is 0 Å². The summed E-state index contributed by atoms with van der Waals surface area (Å²) in [7, 11) is 0. The summed E-state index contributed by atoms with van der Waals surface area (Å²) in [5.41, 5.74) is 8.78. The molecule has 0 aliphatic rings. The predicted octanol–water partition coefficient (Wildman–Crippen LogP) is 7.29. The fraction of sp³-hybridized carbons (Fsp3) is 0.212. The van der Waals surface area contributed by atoms with E-state index >= 15 is 0 Å². The zero-order valence-corrected chi connectivity index (χ0v) is 24.9. The third kappa shape index (κ3) is 8.54. The van der Waals surface area contributed by atoms with Gasteiger partial charge < -0.3 is 14.6 Å². The average molecular weight is 698 g/mol. The van der Waals surface area contributed by atoms with Crippen molar-refractivity contribution in [2.75, 3.05) is 0 Å². The predicted molar refractivity (Wildman–Crippen MR) is 152 cm³/mol. The van der Waals surface area contributed by atoms with Gasteiger partial charge in [-0.25, -0.2) is 0 Å². The van der Waals surface area contributed by atoms with E-state index < -0.39 is 0 Å². The number of aromatic nitrogens is 2. The van der Waals surface area contributed by atoms with Gasteiger partial charge in [-0.2, -0.15) is 5.10 Å². The van der Waals surface area contributed by atoms with Crippen LogP contribution >= 0.6 is 0 Å². The minimum absolute atomic E-state index is 0. The second-order valence-corrected chi connectivity index (χ2v) is 9.65. The Morgan fingerprint density at radius 2 is 1.03 bits per heavy atom. The summed E-state index contributed by atoms with van der Waals surface area (Å²) in [5, 5.41) is 25.6. The summed E-state index contributed by atoms with van der Waals surface area (Å²) in [6, 6.07) is 34.4. The number of hydrogen-bond donors (Lipinski definition) is 2. The van der Waals surface area contributed by atoms with Crippen LogP contribution in [-0.4, -0.2) is 32.6 Å². The Balaban J connectivity index is 0.000000468. The summed E-state index contributed by atoms with van der Waals surface area (Å²) in [5.74, 6) is 0.967. The molecule has 39 heavy (non-hydrogen) atoms. The van der Waals surface area contributed by atoms with Crippen LogP contribution in [0.3, 0.4) is 0 Å². The Morgan fingerprint density at radius 1 is 0.615 bits per heavy atom. The fourth-order valence-corrected chi connectivity index (χ4v) is 3.98. The van der Waals surface area contributed by atoms with Gasteiger partial charge in [0, 0.05) is 25.7 Å². The SMILES string of the molecule is CC(O)CC(C)O.Cc1ccc(-c2c[c-]c(-c3nnc(-c4ccc(-c5ccc(C)cc5)cc4)o3)cc2)cc1.[Ir]. The summed E-state index contributed by atoms with van der Waals surface area (Å²) < 4.78 is 5.92. The topological polar surface area (TPSA) is 79.4 Å². The van der Waals surface area contributed by atoms with Crippen molar-refractivity contribution in [2.24, 2.45) is 0 Å². The first-order chi connectivity index (χ1) is 18.3. The maximum absolute atomic E-state index is 8.56. The Morgan fingerprint density at radius 3 is 1.46 bits per heavy atom. The van der Waals surface area contributed by atoms with Gasteiger partial charge >= 0.3 is 0 Å². The van der Waals surface area contributed by atoms with E-state index in [1.807, 2.05) is 24.3 Å². The van der Waals surface area contributed by atoms with E-state index in [1.54, 1.807) is 13.8 Å². The first-order valence-corrected chi connectivity index (χ1v) is 12.7. The molecule has 5 nitrogen and oxygen atoms in total. The van der Waals surface area contributed by atoms with E-state index in [0.29, 0.717) is 18.2 Å². The van der Waals surface area contributed by atoms with Crippen molar-refractivity contribution < 1.29 is 34.7 Å². The third-order valence-electron chi connectivity index (χ3n) is 6.05. The van der Waals surface area contributed by atoms with E-state index in [-0.39, 0.29) is 32.3 Å². The molecule has 1 aromatic heterocycles. The van der Waals surface area contributed by atoms with Crippen LogP contribution in [0, 0.1) is 19.9 Å². The van der Waals surface area contributed by atoms with Crippen LogP contribution in [0.1, 0.15) is 31.4 Å². The van der Waals surface area contributed by atoms with Gasteiger partial charge in [-0.3, -0.25) is 0 Å². The Bertz CT molecular complexity index is 1320. The second kappa shape index (κ2) is 14.1. The molecule has 0 amide bonds. The Kier molecular flexibility index (Phi) is 10.9. The van der Waals surface area contributed by atoms with Crippen molar-refractivity contribution in [1.82, 2.24) is 10.2 Å². The first-order valence-electron chi connectivity index (χ1n) is 12.7. The molecule has 1 heterocycles. The minimum Gasteiger partial charge on any atom is -0.464 e. The molecule has 0 spiro atoms. The van der Waals surface area contributed by atoms with Gasteiger partial charge in [0.1, 0.15) is 0 Å². The first kappa shape index (κ1) is 30.1. The van der Waals surface area contributed by atoms with Gasteiger partial charge in [0.25, 0.3) is 0 Å². The maximum Gasteiger partial charge on any atom is 0.237 e. The molecule has 6 heteroatoms. The van der Waals surface area contributed by atoms with Crippen molar-refractivity contribution >= 4 is 0 Å². The molecule has 0 fully saturated rings. The molecule has 4 aromatic carbocycles. The fourth-order valence-electron chi connectivity index (χ4n) is 3.98. The smallest absolute Gasteiger partial charge is 0.237 e. The van der Waals surface area contributed by atoms with E-state index in [4.69, 9.17) is 14.6 Å². The second-order valence-electron chi connectivity index (χ2n) is 9.65. The molecule has 0 saturated heterocycles. The van der Waals surface area contributed by atoms with Crippen LogP contribution in [0.15, 0.2) is 95.4 Å². The number of aliphatic hydroxyl groups excluding tert-OH is 2. The molecule has 0 bridgehead atoms. The van der Waals surface area contributed by atoms with E-state index in [0.717, 1.165) is 27.8 Å². The molecule has 0 saturated carbocycles. The van der Waals surface area contributed by atoms with Crippen LogP contribution in [0.25, 0.3) is 45.2 Å². The number of rotatable bonds is 6. The minimum atomic E-state index is -0.375. The quantitative estimate of drug-likeness (QED) is 0.182. The van der Waals surface area contributed by atoms with Crippen molar-refractivity contribution in [3.8, 4) is 45.2 Å². The monoisotopic (exact) mass is 698 g/mol. The van der Waals surface area contributed by atoms with Gasteiger partial charge in [-0.1, -0.05) is 88.5 Å². The van der Waals surface area contributed by atoms with Gasteiger partial charge in [0.15, 0.2) is 5.89 Å². The van der Waals surface area contributed by atoms with Gasteiger partial charge in [-0.15, -0.1) is 29.4 Å². The molecular formula is C33H33IrN2O3-. The zero-order chi connectivity index (χ0) is 27.1. The molecule has 5 aromatic rings. The van der Waals surface area contributed by atoms with Gasteiger partial charge in [0.2, 0.25) is 5.89 Å². The normalized spacial score (nSPS) is 12.1. The largest absolute Gasteiger partial charge is 0.464 e. The summed E-state index contributed by atoms with van der Waals surface area (Å²) in [6.07, 6.45) is -0.278. The Hall–Kier alpha value is -3.41. The van der Waals surface area contributed by atoms with E-state index in [9.17, 15) is 0 Å². The number of nitrogens with zero attached hydrogens (tertiary/aromatic N) is 2. The Labute approximate surface area is 243 Å². The van der Waals surface area contributed by atoms with Gasteiger partial charge in [-0.05, 0) is 57.4 Å². The number of aryl methyl sites for hydroxylation is 2. The van der Waals surface area contributed by atoms with Gasteiger partial charge in [0.05, 0.1) is 12.2 Å². The molecule has 2 N–H and O–H groups in total. The summed E-state index contributed by atoms with van der Waals surface area (Å²) in [4.78, 5) is 0. The maximum atomic E-state index is 8.56. The van der Waals surface area contributed by atoms with E-state index in [1.165, 1.54) is 16.7 Å². The number of benzene rings is 4. The van der Waals surface area contributed by atoms with Crippen LogP contribution in [0.5, 0.6) is 0 Å². The summed E-state index contributed by atoms with van der Waals surface area (Å²) in [6.45, 7) is 7.50. The molecule has 2 atom stereocenters. The van der Waals surface area contributed by atoms with Crippen LogP contribution < -0.4 is 0 Å². The van der Waals surface area contributed by atoms with Crippen LogP contribution in [0.2, 0.25) is 0 Å². The third-order valence-corrected chi connectivity index (χ3v) is 6.05. The number of aliphatic hydroxyl groups is 2. The standard InChI is InChI=1S/C28H21N2O.C5H12O2.Ir/c1-19-3-7-21(8-4-19)23-11-15-25(16-12-23)27-29-30-28(31-27)26-17-13-24(14-18-26)22-9-5-20(2)6-10-22;1-4(6)3-5(2)7;/h3-17H,1-2H3;4-7H,3H2,1-2H3;/q-1;;. The van der Waals surface area contributed by atoms with E-state index in [2.05, 4.69) is 96.8 Å². The zero-order valence-electron chi connectivity index (χ0n) is 22.6. The van der Waals surface area contributed by atoms with Crippen molar-refractivity contribution in [3.05, 3.63) is 108 Å². The molecule has 2 unspecified atom stereocenters. The van der Waals surface area contributed by atoms with Crippen LogP contribution in [0.4, 0.5) is 0 Å². The molecule has 0 aliphatic carbocycles. The molecule has 0 aliphatic heterocycles. The number of hydrogen-bond acceptors (Lipinski definition) is 5. The summed E-state index contributed by atoms with van der Waals surface area (Å²) >= 11 is 0. The molecule has 5 rings (SSSR count). The molecule has 203 valence electrons.